The van der Waals surface area contributed by atoms with Crippen molar-refractivity contribution < 1.29 is 4.92 Å². The molecular formula is C18H19N7O2. The van der Waals surface area contributed by atoms with E-state index < -0.39 is 4.92 Å². The third-order valence-electron chi connectivity index (χ3n) is 3.91. The third kappa shape index (κ3) is 4.89. The molecule has 27 heavy (non-hydrogen) atoms. The highest BCUT2D eigenvalue weighted by molar-refractivity contribution is 5.75. The second kappa shape index (κ2) is 9.11. The van der Waals surface area contributed by atoms with Crippen molar-refractivity contribution in [1.29, 1.82) is 10.5 Å². The molecule has 0 aliphatic rings. The lowest BCUT2D eigenvalue weighted by molar-refractivity contribution is -0.383. The van der Waals surface area contributed by atoms with E-state index in [1.807, 2.05) is 44.2 Å². The molecule has 2 rings (SSSR count). The average molecular weight is 365 g/mol. The monoisotopic (exact) mass is 365 g/mol. The van der Waals surface area contributed by atoms with Crippen LogP contribution in [-0.4, -0.2) is 28.0 Å². The Kier molecular flexibility index (Phi) is 6.61. The first kappa shape index (κ1) is 19.6. The van der Waals surface area contributed by atoms with Crippen LogP contribution >= 0.6 is 0 Å². The van der Waals surface area contributed by atoms with Gasteiger partial charge in [-0.05, 0) is 25.5 Å². The van der Waals surface area contributed by atoms with Gasteiger partial charge in [0, 0.05) is 18.8 Å². The van der Waals surface area contributed by atoms with Crippen molar-refractivity contribution >= 4 is 23.0 Å². The Bertz CT molecular complexity index is 897. The van der Waals surface area contributed by atoms with E-state index >= 15 is 0 Å². The Labute approximate surface area is 157 Å². The molecule has 0 saturated carbocycles. The first-order valence-electron chi connectivity index (χ1n) is 8.30. The summed E-state index contributed by atoms with van der Waals surface area (Å²) in [6.07, 6.45) is 1.55. The van der Waals surface area contributed by atoms with Gasteiger partial charge in [-0.2, -0.15) is 10.5 Å². The van der Waals surface area contributed by atoms with Gasteiger partial charge in [0.05, 0.1) is 29.9 Å². The van der Waals surface area contributed by atoms with Gasteiger partial charge in [-0.1, -0.05) is 17.7 Å². The van der Waals surface area contributed by atoms with E-state index in [0.29, 0.717) is 5.69 Å². The first-order chi connectivity index (χ1) is 13.0. The van der Waals surface area contributed by atoms with E-state index in [4.69, 9.17) is 10.5 Å². The number of nitriles is 2. The van der Waals surface area contributed by atoms with Crippen molar-refractivity contribution in [2.24, 2.45) is 0 Å². The van der Waals surface area contributed by atoms with Crippen LogP contribution in [0, 0.1) is 46.6 Å². The summed E-state index contributed by atoms with van der Waals surface area (Å²) < 4.78 is 0. The van der Waals surface area contributed by atoms with E-state index in [1.54, 1.807) is 4.90 Å². The predicted molar refractivity (Wildman–Crippen MR) is 101 cm³/mol. The number of hydrogen-bond donors (Lipinski definition) is 1. The summed E-state index contributed by atoms with van der Waals surface area (Å²) >= 11 is 0. The topological polar surface area (TPSA) is 132 Å². The molecule has 0 unspecified atom stereocenters. The lowest BCUT2D eigenvalue weighted by atomic mass is 10.1. The van der Waals surface area contributed by atoms with Crippen LogP contribution in [0.25, 0.3) is 0 Å². The van der Waals surface area contributed by atoms with Gasteiger partial charge < -0.3 is 10.2 Å². The van der Waals surface area contributed by atoms with Gasteiger partial charge >= 0.3 is 5.69 Å². The molecule has 1 aromatic heterocycles. The van der Waals surface area contributed by atoms with Crippen LogP contribution in [0.4, 0.5) is 23.0 Å². The predicted octanol–water partition coefficient (Wildman–Crippen LogP) is 3.38. The fraction of sp³-hybridized carbons (Fsp3) is 0.333. The Hall–Kier alpha value is -3.72. The van der Waals surface area contributed by atoms with Crippen LogP contribution in [0.3, 0.4) is 0 Å². The second-order valence-electron chi connectivity index (χ2n) is 5.90. The number of benzene rings is 1. The van der Waals surface area contributed by atoms with E-state index in [2.05, 4.69) is 15.3 Å². The molecule has 0 aliphatic carbocycles. The summed E-state index contributed by atoms with van der Waals surface area (Å²) in [5.41, 5.74) is 2.42. The molecule has 0 radical (unpaired) electrons. The summed E-state index contributed by atoms with van der Waals surface area (Å²) in [7, 11) is 0. The number of nitrogens with one attached hydrogen (secondary N) is 1. The fourth-order valence-corrected chi connectivity index (χ4v) is 2.64. The highest BCUT2D eigenvalue weighted by atomic mass is 16.6. The van der Waals surface area contributed by atoms with Crippen molar-refractivity contribution in [3.8, 4) is 12.1 Å². The number of aryl methyl sites for hydroxylation is 2. The molecule has 0 saturated heterocycles. The zero-order chi connectivity index (χ0) is 19.8. The molecule has 9 heteroatoms. The Morgan fingerprint density at radius 2 is 1.85 bits per heavy atom. The van der Waals surface area contributed by atoms with Crippen molar-refractivity contribution in [3.05, 3.63) is 45.8 Å². The fourth-order valence-electron chi connectivity index (χ4n) is 2.64. The molecule has 1 aromatic carbocycles. The molecule has 0 bridgehead atoms. The van der Waals surface area contributed by atoms with Crippen LogP contribution < -0.4 is 10.2 Å². The Morgan fingerprint density at radius 3 is 2.41 bits per heavy atom. The Morgan fingerprint density at radius 1 is 1.19 bits per heavy atom. The van der Waals surface area contributed by atoms with Gasteiger partial charge in [0.1, 0.15) is 6.33 Å². The maximum absolute atomic E-state index is 11.8. The molecule has 1 N–H and O–H groups in total. The quantitative estimate of drug-likeness (QED) is 0.556. The van der Waals surface area contributed by atoms with Crippen LogP contribution in [0.15, 0.2) is 24.5 Å². The Balaban J connectivity index is 2.47. The number of nitrogens with zero attached hydrogens (tertiary/aromatic N) is 6. The van der Waals surface area contributed by atoms with Gasteiger partial charge in [-0.3, -0.25) is 10.1 Å². The standard InChI is InChI=1S/C18H19N7O2/c1-13-5-6-15(14(2)11-13)23-17-16(25(26)27)18(22-12-21-17)24(9-3-7-19)10-4-8-20/h5-6,11-12H,3-4,9-10H2,1-2H3,(H,21,22,23). The lowest BCUT2D eigenvalue weighted by Crippen LogP contribution is -2.27. The van der Waals surface area contributed by atoms with E-state index in [0.717, 1.165) is 11.1 Å². The van der Waals surface area contributed by atoms with Crippen LogP contribution in [0.2, 0.25) is 0 Å². The average Bonchev–Trinajstić information content (AvgIpc) is 2.64. The number of rotatable bonds is 8. The normalized spacial score (nSPS) is 9.93. The minimum absolute atomic E-state index is 0.0656. The SMILES string of the molecule is Cc1ccc(Nc2ncnc(N(CCC#N)CCC#N)c2[N+](=O)[O-])c(C)c1. The lowest BCUT2D eigenvalue weighted by Gasteiger charge is -2.21. The largest absolute Gasteiger partial charge is 0.353 e. The summed E-state index contributed by atoms with van der Waals surface area (Å²) in [5.74, 6) is 0.156. The summed E-state index contributed by atoms with van der Waals surface area (Å²) in [6, 6.07) is 9.71. The van der Waals surface area contributed by atoms with Gasteiger partial charge in [0.2, 0.25) is 11.6 Å². The molecule has 0 aliphatic heterocycles. The smallest absolute Gasteiger partial charge is 0.349 e. The molecule has 0 atom stereocenters. The first-order valence-corrected chi connectivity index (χ1v) is 8.30. The van der Waals surface area contributed by atoms with Crippen LogP contribution in [-0.2, 0) is 0 Å². The van der Waals surface area contributed by atoms with Crippen molar-refractivity contribution in [2.45, 2.75) is 26.7 Å². The highest BCUT2D eigenvalue weighted by Crippen LogP contribution is 2.34. The van der Waals surface area contributed by atoms with Crippen molar-refractivity contribution in [3.63, 3.8) is 0 Å². The number of nitro groups is 1. The molecule has 138 valence electrons. The third-order valence-corrected chi connectivity index (χ3v) is 3.91. The minimum atomic E-state index is -0.549. The summed E-state index contributed by atoms with van der Waals surface area (Å²) in [4.78, 5) is 20.9. The maximum atomic E-state index is 11.8. The van der Waals surface area contributed by atoms with Gasteiger partial charge in [0.25, 0.3) is 0 Å². The minimum Gasteiger partial charge on any atom is -0.349 e. The van der Waals surface area contributed by atoms with Crippen molar-refractivity contribution in [1.82, 2.24) is 9.97 Å². The molecule has 0 fully saturated rings. The van der Waals surface area contributed by atoms with Gasteiger partial charge in [-0.25, -0.2) is 9.97 Å². The molecular weight excluding hydrogens is 346 g/mol. The second-order valence-corrected chi connectivity index (χ2v) is 5.90. The zero-order valence-corrected chi connectivity index (χ0v) is 15.1. The van der Waals surface area contributed by atoms with Crippen LogP contribution in [0.5, 0.6) is 0 Å². The number of hydrogen-bond acceptors (Lipinski definition) is 8. The summed E-state index contributed by atoms with van der Waals surface area (Å²) in [5, 5.41) is 32.5. The van der Waals surface area contributed by atoms with E-state index in [9.17, 15) is 10.1 Å². The van der Waals surface area contributed by atoms with Gasteiger partial charge in [-0.15, -0.1) is 0 Å². The maximum Gasteiger partial charge on any atom is 0.353 e. The van der Waals surface area contributed by atoms with E-state index in [1.165, 1.54) is 6.33 Å². The van der Waals surface area contributed by atoms with E-state index in [-0.39, 0.29) is 43.3 Å². The molecule has 1 heterocycles. The number of anilines is 3. The van der Waals surface area contributed by atoms with Crippen LogP contribution in [0.1, 0.15) is 24.0 Å². The molecule has 2 aromatic rings. The molecule has 0 spiro atoms. The van der Waals surface area contributed by atoms with Crippen molar-refractivity contribution in [2.75, 3.05) is 23.3 Å². The molecule has 9 nitrogen and oxygen atoms in total. The summed E-state index contributed by atoms with van der Waals surface area (Å²) in [6.45, 7) is 4.33. The molecule has 0 amide bonds. The highest BCUT2D eigenvalue weighted by Gasteiger charge is 2.27. The zero-order valence-electron chi connectivity index (χ0n) is 15.1. The van der Waals surface area contributed by atoms with Gasteiger partial charge in [0.15, 0.2) is 0 Å². The number of aromatic nitrogens is 2.